The number of aromatic nitrogens is 3. The van der Waals surface area contributed by atoms with Crippen LogP contribution in [0.1, 0.15) is 12.6 Å². The Morgan fingerprint density at radius 3 is 2.62 bits per heavy atom. The third kappa shape index (κ3) is 2.82. The van der Waals surface area contributed by atoms with Crippen LogP contribution in [-0.4, -0.2) is 21.7 Å². The van der Waals surface area contributed by atoms with Crippen LogP contribution in [0.3, 0.4) is 0 Å². The summed E-state index contributed by atoms with van der Waals surface area (Å²) in [5.41, 5.74) is 5.87. The molecule has 0 unspecified atom stereocenters. The van der Waals surface area contributed by atoms with Crippen LogP contribution < -0.4 is 4.74 Å². The van der Waals surface area contributed by atoms with Gasteiger partial charge in [0.2, 0.25) is 0 Å². The number of methoxy groups -OCH3 is 1. The highest BCUT2D eigenvalue weighted by Gasteiger charge is 2.17. The van der Waals surface area contributed by atoms with Crippen molar-refractivity contribution in [2.75, 3.05) is 7.11 Å². The fourth-order valence-electron chi connectivity index (χ4n) is 3.18. The molecule has 4 aromatic rings. The minimum Gasteiger partial charge on any atom is -0.497 e. The Morgan fingerprint density at radius 1 is 1.04 bits per heavy atom. The molecule has 5 heteroatoms. The predicted octanol–water partition coefficient (Wildman–Crippen LogP) is 5.29. The summed E-state index contributed by atoms with van der Waals surface area (Å²) in [5.74, 6) is 0.811. The average Bonchev–Trinajstić information content (AvgIpc) is 3.06. The molecule has 0 atom stereocenters. The van der Waals surface area contributed by atoms with Crippen molar-refractivity contribution in [3.63, 3.8) is 0 Å². The fraction of sp³-hybridized carbons (Fsp3) is 0.143. The molecule has 2 aromatic heterocycles. The van der Waals surface area contributed by atoms with Gasteiger partial charge in [0, 0.05) is 22.3 Å². The van der Waals surface area contributed by atoms with E-state index < -0.39 is 0 Å². The highest BCUT2D eigenvalue weighted by Crippen LogP contribution is 2.32. The summed E-state index contributed by atoms with van der Waals surface area (Å²) >= 11 is 6.21. The minimum atomic E-state index is 0.702. The van der Waals surface area contributed by atoms with Crippen LogP contribution in [0, 0.1) is 0 Å². The van der Waals surface area contributed by atoms with Gasteiger partial charge in [-0.05, 0) is 42.3 Å². The van der Waals surface area contributed by atoms with Crippen molar-refractivity contribution in [2.45, 2.75) is 13.3 Å². The van der Waals surface area contributed by atoms with Gasteiger partial charge in [0.1, 0.15) is 5.75 Å². The van der Waals surface area contributed by atoms with Gasteiger partial charge in [-0.1, -0.05) is 42.8 Å². The second kappa shape index (κ2) is 6.81. The van der Waals surface area contributed by atoms with Crippen LogP contribution >= 0.6 is 11.6 Å². The van der Waals surface area contributed by atoms with Gasteiger partial charge < -0.3 is 4.74 Å². The monoisotopic (exact) mass is 363 g/mol. The van der Waals surface area contributed by atoms with Crippen molar-refractivity contribution in [1.82, 2.24) is 14.6 Å². The fourth-order valence-corrected chi connectivity index (χ4v) is 3.37. The van der Waals surface area contributed by atoms with Crippen LogP contribution in [0.4, 0.5) is 0 Å². The Balaban J connectivity index is 1.98. The molecule has 0 saturated heterocycles. The van der Waals surface area contributed by atoms with Gasteiger partial charge in [0.05, 0.1) is 18.5 Å². The molecule has 0 bridgehead atoms. The highest BCUT2D eigenvalue weighted by atomic mass is 35.5. The molecule has 2 aromatic carbocycles. The molecular formula is C21H18ClN3O. The Morgan fingerprint density at radius 2 is 1.85 bits per heavy atom. The van der Waals surface area contributed by atoms with E-state index >= 15 is 0 Å². The van der Waals surface area contributed by atoms with Crippen LogP contribution in [0.15, 0.2) is 60.8 Å². The van der Waals surface area contributed by atoms with Crippen LogP contribution in [0.2, 0.25) is 5.02 Å². The van der Waals surface area contributed by atoms with E-state index in [2.05, 4.69) is 11.9 Å². The Labute approximate surface area is 157 Å². The topological polar surface area (TPSA) is 39.4 Å². The van der Waals surface area contributed by atoms with Crippen molar-refractivity contribution in [2.24, 2.45) is 0 Å². The molecule has 0 N–H and O–H groups in total. The third-order valence-corrected chi connectivity index (χ3v) is 4.64. The lowest BCUT2D eigenvalue weighted by Crippen LogP contribution is -1.96. The van der Waals surface area contributed by atoms with E-state index in [9.17, 15) is 0 Å². The van der Waals surface area contributed by atoms with Gasteiger partial charge in [-0.2, -0.15) is 5.10 Å². The lowest BCUT2D eigenvalue weighted by Gasteiger charge is -2.07. The first kappa shape index (κ1) is 16.6. The van der Waals surface area contributed by atoms with E-state index in [4.69, 9.17) is 21.4 Å². The lowest BCUT2D eigenvalue weighted by atomic mass is 10.0. The largest absolute Gasteiger partial charge is 0.497 e. The number of halogens is 1. The number of benzene rings is 2. The summed E-state index contributed by atoms with van der Waals surface area (Å²) in [7, 11) is 1.67. The van der Waals surface area contributed by atoms with E-state index in [1.807, 2.05) is 65.3 Å². The van der Waals surface area contributed by atoms with Gasteiger partial charge >= 0.3 is 0 Å². The number of aryl methyl sites for hydroxylation is 1. The number of nitrogens with zero attached hydrogens (tertiary/aromatic N) is 3. The lowest BCUT2D eigenvalue weighted by molar-refractivity contribution is 0.415. The SMILES string of the molecule is CCc1nn2c(-c3cccc(OC)c3)ccnc2c1-c1cccc(Cl)c1. The molecule has 130 valence electrons. The Hall–Kier alpha value is -2.85. The minimum absolute atomic E-state index is 0.702. The standard InChI is InChI=1S/C21H18ClN3O/c1-3-18-20(15-7-4-8-16(22)12-15)21-23-11-10-19(25(21)24-18)14-6-5-9-17(13-14)26-2/h4-13H,3H2,1-2H3. The molecule has 0 saturated carbocycles. The second-order valence-corrected chi connectivity index (χ2v) is 6.42. The van der Waals surface area contributed by atoms with E-state index in [0.29, 0.717) is 5.02 Å². The Bertz CT molecular complexity index is 1090. The molecule has 0 fully saturated rings. The molecule has 4 nitrogen and oxygen atoms in total. The quantitative estimate of drug-likeness (QED) is 0.494. The number of ether oxygens (including phenoxy) is 1. The summed E-state index contributed by atoms with van der Waals surface area (Å²) < 4.78 is 7.27. The molecule has 0 radical (unpaired) electrons. The maximum atomic E-state index is 6.21. The van der Waals surface area contributed by atoms with Gasteiger partial charge in [0.25, 0.3) is 0 Å². The van der Waals surface area contributed by atoms with E-state index in [1.54, 1.807) is 7.11 Å². The first-order chi connectivity index (χ1) is 12.7. The summed E-state index contributed by atoms with van der Waals surface area (Å²) in [6, 6.07) is 17.7. The maximum absolute atomic E-state index is 6.21. The second-order valence-electron chi connectivity index (χ2n) is 5.98. The predicted molar refractivity (Wildman–Crippen MR) is 105 cm³/mol. The zero-order chi connectivity index (χ0) is 18.1. The summed E-state index contributed by atoms with van der Waals surface area (Å²) in [6.07, 6.45) is 2.63. The van der Waals surface area contributed by atoms with Gasteiger partial charge in [-0.3, -0.25) is 0 Å². The summed E-state index contributed by atoms with van der Waals surface area (Å²) in [4.78, 5) is 4.61. The van der Waals surface area contributed by atoms with Crippen LogP contribution in [0.5, 0.6) is 5.75 Å². The van der Waals surface area contributed by atoms with E-state index in [-0.39, 0.29) is 0 Å². The number of hydrogen-bond donors (Lipinski definition) is 0. The average molecular weight is 364 g/mol. The van der Waals surface area contributed by atoms with Gasteiger partial charge in [-0.25, -0.2) is 9.50 Å². The molecular weight excluding hydrogens is 346 g/mol. The van der Waals surface area contributed by atoms with Crippen molar-refractivity contribution < 1.29 is 4.74 Å². The molecule has 4 rings (SSSR count). The number of rotatable bonds is 4. The van der Waals surface area contributed by atoms with E-state index in [0.717, 1.165) is 45.9 Å². The van der Waals surface area contributed by atoms with Crippen molar-refractivity contribution >= 4 is 17.2 Å². The third-order valence-electron chi connectivity index (χ3n) is 4.40. The molecule has 26 heavy (non-hydrogen) atoms. The molecule has 0 spiro atoms. The Kier molecular flexibility index (Phi) is 4.35. The van der Waals surface area contributed by atoms with Crippen LogP contribution in [0.25, 0.3) is 28.0 Å². The molecule has 0 amide bonds. The van der Waals surface area contributed by atoms with Gasteiger partial charge in [0.15, 0.2) is 5.65 Å². The van der Waals surface area contributed by atoms with Crippen molar-refractivity contribution in [3.05, 3.63) is 71.5 Å². The molecule has 0 aliphatic carbocycles. The first-order valence-corrected chi connectivity index (χ1v) is 8.86. The molecule has 2 heterocycles. The summed E-state index contributed by atoms with van der Waals surface area (Å²) in [6.45, 7) is 2.10. The normalized spacial score (nSPS) is 11.0. The molecule has 0 aliphatic heterocycles. The highest BCUT2D eigenvalue weighted by molar-refractivity contribution is 6.30. The zero-order valence-corrected chi connectivity index (χ0v) is 15.4. The zero-order valence-electron chi connectivity index (χ0n) is 14.6. The molecule has 0 aliphatic rings. The maximum Gasteiger partial charge on any atom is 0.163 e. The summed E-state index contributed by atoms with van der Waals surface area (Å²) in [5, 5.41) is 5.54. The number of fused-ring (bicyclic) bond motifs is 1. The number of hydrogen-bond acceptors (Lipinski definition) is 3. The van der Waals surface area contributed by atoms with Crippen molar-refractivity contribution in [3.8, 4) is 28.1 Å². The first-order valence-electron chi connectivity index (χ1n) is 8.48. The smallest absolute Gasteiger partial charge is 0.163 e. The van der Waals surface area contributed by atoms with Crippen LogP contribution in [-0.2, 0) is 6.42 Å². The van der Waals surface area contributed by atoms with Crippen molar-refractivity contribution in [1.29, 1.82) is 0 Å². The van der Waals surface area contributed by atoms with E-state index in [1.165, 1.54) is 0 Å². The van der Waals surface area contributed by atoms with Gasteiger partial charge in [-0.15, -0.1) is 0 Å².